The number of methoxy groups -OCH3 is 2. The van der Waals surface area contributed by atoms with Crippen molar-refractivity contribution in [1.82, 2.24) is 0 Å². The Morgan fingerprint density at radius 3 is 2.22 bits per heavy atom. The minimum Gasteiger partial charge on any atom is -0.502 e. The summed E-state index contributed by atoms with van der Waals surface area (Å²) in [6, 6.07) is 3.32. The van der Waals surface area contributed by atoms with Gasteiger partial charge in [-0.3, -0.25) is 0 Å². The van der Waals surface area contributed by atoms with Gasteiger partial charge in [0.15, 0.2) is 11.5 Å². The molecular formula is C18H26O5. The number of carbonyl (C=O) groups is 1. The van der Waals surface area contributed by atoms with Gasteiger partial charge in [0.2, 0.25) is 5.75 Å². The van der Waals surface area contributed by atoms with Crippen LogP contribution in [0.15, 0.2) is 17.7 Å². The molecule has 5 nitrogen and oxygen atoms in total. The third kappa shape index (κ3) is 5.51. The highest BCUT2D eigenvalue weighted by molar-refractivity contribution is 5.94. The van der Waals surface area contributed by atoms with Crippen molar-refractivity contribution >= 4 is 12.0 Å². The molecule has 0 saturated carbocycles. The summed E-state index contributed by atoms with van der Waals surface area (Å²) >= 11 is 0. The van der Waals surface area contributed by atoms with Crippen molar-refractivity contribution in [3.63, 3.8) is 0 Å². The molecule has 128 valence electrons. The molecule has 1 aromatic carbocycles. The molecule has 0 spiro atoms. The Hall–Kier alpha value is -2.17. The van der Waals surface area contributed by atoms with Gasteiger partial charge in [0.1, 0.15) is 0 Å². The molecule has 0 bridgehead atoms. The van der Waals surface area contributed by atoms with Gasteiger partial charge in [0.05, 0.1) is 20.3 Å². The summed E-state index contributed by atoms with van der Waals surface area (Å²) < 4.78 is 15.6. The average molecular weight is 322 g/mol. The normalized spacial score (nSPS) is 11.5. The van der Waals surface area contributed by atoms with Gasteiger partial charge in [-0.15, -0.1) is 0 Å². The molecule has 0 fully saturated rings. The number of esters is 1. The lowest BCUT2D eigenvalue weighted by Gasteiger charge is -2.12. The summed E-state index contributed by atoms with van der Waals surface area (Å²) in [5, 5.41) is 9.95. The minimum atomic E-state index is -0.320. The highest BCUT2D eigenvalue weighted by Crippen LogP contribution is 2.37. The number of hydrogen-bond acceptors (Lipinski definition) is 5. The van der Waals surface area contributed by atoms with E-state index in [4.69, 9.17) is 14.2 Å². The Labute approximate surface area is 137 Å². The van der Waals surface area contributed by atoms with E-state index >= 15 is 0 Å². The maximum absolute atomic E-state index is 12.2. The van der Waals surface area contributed by atoms with E-state index < -0.39 is 0 Å². The van der Waals surface area contributed by atoms with Crippen LogP contribution >= 0.6 is 0 Å². The largest absolute Gasteiger partial charge is 0.502 e. The van der Waals surface area contributed by atoms with E-state index in [0.717, 1.165) is 12.8 Å². The van der Waals surface area contributed by atoms with Crippen LogP contribution in [0.4, 0.5) is 0 Å². The Bertz CT molecular complexity index is 536. The Kier molecular flexibility index (Phi) is 7.45. The van der Waals surface area contributed by atoms with E-state index in [-0.39, 0.29) is 17.8 Å². The minimum absolute atomic E-state index is 0.0629. The fraction of sp³-hybridized carbons (Fsp3) is 0.500. The smallest absolute Gasteiger partial charge is 0.334 e. The maximum atomic E-state index is 12.2. The molecule has 1 aromatic rings. The summed E-state index contributed by atoms with van der Waals surface area (Å²) in [4.78, 5) is 12.2. The third-order valence-corrected chi connectivity index (χ3v) is 3.25. The second-order valence-corrected chi connectivity index (χ2v) is 5.50. The topological polar surface area (TPSA) is 65.0 Å². The zero-order valence-electron chi connectivity index (χ0n) is 14.5. The van der Waals surface area contributed by atoms with Crippen LogP contribution in [0, 0.1) is 0 Å². The summed E-state index contributed by atoms with van der Waals surface area (Å²) in [5.41, 5.74) is 1.30. The third-order valence-electron chi connectivity index (χ3n) is 3.25. The molecular weight excluding hydrogens is 296 g/mol. The van der Waals surface area contributed by atoms with Gasteiger partial charge in [0.25, 0.3) is 0 Å². The first-order valence-corrected chi connectivity index (χ1v) is 7.79. The first-order chi connectivity index (χ1) is 10.9. The molecule has 1 rings (SSSR count). The Balaban J connectivity index is 3.21. The number of hydrogen-bond donors (Lipinski definition) is 1. The predicted molar refractivity (Wildman–Crippen MR) is 89.9 cm³/mol. The van der Waals surface area contributed by atoms with Crippen LogP contribution in [-0.2, 0) is 9.53 Å². The van der Waals surface area contributed by atoms with Crippen molar-refractivity contribution in [2.24, 2.45) is 0 Å². The average Bonchev–Trinajstić information content (AvgIpc) is 2.51. The second-order valence-electron chi connectivity index (χ2n) is 5.50. The summed E-state index contributed by atoms with van der Waals surface area (Å²) in [6.45, 7) is 5.71. The van der Waals surface area contributed by atoms with E-state index in [0.29, 0.717) is 29.1 Å². The number of phenols is 1. The number of carbonyl (C=O) groups excluding carboxylic acids is 1. The first kappa shape index (κ1) is 18.9. The summed E-state index contributed by atoms with van der Waals surface area (Å²) in [6.07, 6.45) is 4.09. The van der Waals surface area contributed by atoms with Gasteiger partial charge in [0, 0.05) is 5.57 Å². The molecule has 5 heteroatoms. The quantitative estimate of drug-likeness (QED) is 0.580. The monoisotopic (exact) mass is 322 g/mol. The van der Waals surface area contributed by atoms with Crippen molar-refractivity contribution in [3.8, 4) is 17.2 Å². The highest BCUT2D eigenvalue weighted by Gasteiger charge is 2.15. The number of benzene rings is 1. The van der Waals surface area contributed by atoms with Gasteiger partial charge in [-0.25, -0.2) is 4.79 Å². The van der Waals surface area contributed by atoms with Gasteiger partial charge < -0.3 is 19.3 Å². The van der Waals surface area contributed by atoms with Crippen LogP contribution in [-0.4, -0.2) is 31.4 Å². The lowest BCUT2D eigenvalue weighted by molar-refractivity contribution is -0.142. The molecule has 0 atom stereocenters. The molecule has 0 radical (unpaired) electrons. The Morgan fingerprint density at radius 2 is 1.78 bits per heavy atom. The van der Waals surface area contributed by atoms with E-state index in [9.17, 15) is 9.90 Å². The molecule has 0 aliphatic rings. The van der Waals surface area contributed by atoms with Gasteiger partial charge in [-0.05, 0) is 50.5 Å². The van der Waals surface area contributed by atoms with E-state index in [2.05, 4.69) is 6.92 Å². The van der Waals surface area contributed by atoms with Gasteiger partial charge in [-0.2, -0.15) is 0 Å². The van der Waals surface area contributed by atoms with Crippen molar-refractivity contribution in [2.75, 3.05) is 14.2 Å². The molecule has 1 N–H and O–H groups in total. The van der Waals surface area contributed by atoms with Crippen LogP contribution in [0.25, 0.3) is 6.08 Å². The fourth-order valence-electron chi connectivity index (χ4n) is 2.09. The van der Waals surface area contributed by atoms with Crippen molar-refractivity contribution < 1.29 is 24.1 Å². The van der Waals surface area contributed by atoms with Crippen molar-refractivity contribution in [1.29, 1.82) is 0 Å². The highest BCUT2D eigenvalue weighted by atomic mass is 16.5. The number of aromatic hydroxyl groups is 1. The molecule has 0 saturated heterocycles. The fourth-order valence-corrected chi connectivity index (χ4v) is 2.09. The first-order valence-electron chi connectivity index (χ1n) is 7.79. The van der Waals surface area contributed by atoms with Crippen molar-refractivity contribution in [3.05, 3.63) is 23.3 Å². The van der Waals surface area contributed by atoms with E-state index in [1.54, 1.807) is 18.2 Å². The molecule has 0 amide bonds. The molecule has 23 heavy (non-hydrogen) atoms. The van der Waals surface area contributed by atoms with Crippen LogP contribution in [0.5, 0.6) is 17.2 Å². The lowest BCUT2D eigenvalue weighted by Crippen LogP contribution is -2.13. The van der Waals surface area contributed by atoms with E-state index in [1.165, 1.54) is 14.2 Å². The van der Waals surface area contributed by atoms with Crippen LogP contribution in [0.3, 0.4) is 0 Å². The SMILES string of the molecule is CCCCC(=Cc1cc(OC)c(O)c(OC)c1)C(=O)OC(C)C. The number of rotatable bonds is 8. The van der Waals surface area contributed by atoms with Crippen LogP contribution < -0.4 is 9.47 Å². The second kappa shape index (κ2) is 9.08. The lowest BCUT2D eigenvalue weighted by atomic mass is 10.0. The van der Waals surface area contributed by atoms with E-state index in [1.807, 2.05) is 13.8 Å². The number of ether oxygens (including phenoxy) is 3. The molecule has 0 aliphatic heterocycles. The number of phenolic OH excluding ortho intramolecular Hbond substituents is 1. The van der Waals surface area contributed by atoms with Crippen molar-refractivity contribution in [2.45, 2.75) is 46.1 Å². The van der Waals surface area contributed by atoms with Crippen LogP contribution in [0.2, 0.25) is 0 Å². The predicted octanol–water partition coefficient (Wildman–Crippen LogP) is 3.93. The molecule has 0 aromatic heterocycles. The molecule has 0 heterocycles. The summed E-state index contributed by atoms with van der Waals surface area (Å²) in [5.74, 6) is 0.205. The standard InChI is InChI=1S/C18H26O5/c1-6-7-8-14(18(20)23-12(2)3)9-13-10-15(21-4)17(19)16(11-13)22-5/h9-12,19H,6-8H2,1-5H3. The number of unbranched alkanes of at least 4 members (excludes halogenated alkanes) is 1. The zero-order chi connectivity index (χ0) is 17.4. The Morgan fingerprint density at radius 1 is 1.22 bits per heavy atom. The molecule has 0 aliphatic carbocycles. The zero-order valence-corrected chi connectivity index (χ0v) is 14.5. The summed E-state index contributed by atoms with van der Waals surface area (Å²) in [7, 11) is 2.93. The van der Waals surface area contributed by atoms with Gasteiger partial charge in [-0.1, -0.05) is 13.3 Å². The van der Waals surface area contributed by atoms with Crippen LogP contribution in [0.1, 0.15) is 45.6 Å². The molecule has 0 unspecified atom stereocenters. The van der Waals surface area contributed by atoms with Gasteiger partial charge >= 0.3 is 5.97 Å². The maximum Gasteiger partial charge on any atom is 0.334 e.